The fraction of sp³-hybridized carbons (Fsp3) is 0.611. The zero-order valence-corrected chi connectivity index (χ0v) is 17.9. The molecule has 0 radical (unpaired) electrons. The normalized spacial score (nSPS) is 18.2. The molecular weight excluding hydrogens is 407 g/mol. The van der Waals surface area contributed by atoms with Crippen molar-refractivity contribution in [3.63, 3.8) is 0 Å². The Balaban J connectivity index is 1.92. The molecule has 1 aliphatic rings. The minimum atomic E-state index is -4.23. The quantitative estimate of drug-likeness (QED) is 0.562. The van der Waals surface area contributed by atoms with E-state index in [0.29, 0.717) is 38.7 Å². The van der Waals surface area contributed by atoms with Gasteiger partial charge in [-0.05, 0) is 24.6 Å². The molecule has 0 aliphatic carbocycles. The number of alkyl halides is 3. The summed E-state index contributed by atoms with van der Waals surface area (Å²) in [6.45, 7) is 3.11. The molecule has 1 fully saturated rings. The van der Waals surface area contributed by atoms with Crippen LogP contribution in [-0.2, 0) is 16.6 Å². The number of hydrogen-bond acceptors (Lipinski definition) is 4. The maximum Gasteiger partial charge on any atom is 0.403 e. The van der Waals surface area contributed by atoms with Crippen LogP contribution in [0.1, 0.15) is 12.5 Å². The van der Waals surface area contributed by atoms with Crippen LogP contribution in [-0.4, -0.2) is 88.0 Å². The van der Waals surface area contributed by atoms with Gasteiger partial charge in [-0.3, -0.25) is 9.89 Å². The average Bonchev–Trinajstić information content (AvgIpc) is 2.68. The van der Waals surface area contributed by atoms with Crippen LogP contribution >= 0.6 is 0 Å². The number of hydrogen-bond donors (Lipinski definition) is 1. The second-order valence-electron chi connectivity index (χ2n) is 7.07. The van der Waals surface area contributed by atoms with Gasteiger partial charge in [0.1, 0.15) is 6.04 Å². The molecule has 7 nitrogen and oxygen atoms in total. The molecule has 0 bridgehead atoms. The third-order valence-electron chi connectivity index (χ3n) is 5.00. The van der Waals surface area contributed by atoms with Gasteiger partial charge in [0.15, 0.2) is 5.96 Å². The van der Waals surface area contributed by atoms with Gasteiger partial charge < -0.3 is 10.2 Å². The van der Waals surface area contributed by atoms with Gasteiger partial charge in [-0.2, -0.15) is 13.2 Å². The van der Waals surface area contributed by atoms with Crippen molar-refractivity contribution in [1.82, 2.24) is 19.4 Å². The number of guanidine groups is 1. The smallest absolute Gasteiger partial charge is 0.352 e. The minimum Gasteiger partial charge on any atom is -0.352 e. The van der Waals surface area contributed by atoms with Crippen LogP contribution in [0.25, 0.3) is 0 Å². The molecule has 1 aromatic carbocycles. The molecule has 1 saturated heterocycles. The molecule has 11 heteroatoms. The topological polar surface area (TPSA) is 68.2 Å². The van der Waals surface area contributed by atoms with Crippen molar-refractivity contribution in [3.05, 3.63) is 29.8 Å². The van der Waals surface area contributed by atoms with E-state index in [9.17, 15) is 21.6 Å². The lowest BCUT2D eigenvalue weighted by Gasteiger charge is -2.39. The third kappa shape index (κ3) is 5.83. The Morgan fingerprint density at radius 2 is 1.72 bits per heavy atom. The predicted molar refractivity (Wildman–Crippen MR) is 106 cm³/mol. The van der Waals surface area contributed by atoms with Crippen LogP contribution in [0, 0.1) is 0 Å². The van der Waals surface area contributed by atoms with E-state index in [1.54, 1.807) is 31.3 Å². The molecule has 1 heterocycles. The van der Waals surface area contributed by atoms with Crippen molar-refractivity contribution >= 4 is 16.0 Å². The summed E-state index contributed by atoms with van der Waals surface area (Å²) in [5.41, 5.74) is 0.869. The van der Waals surface area contributed by atoms with Crippen LogP contribution in [0.3, 0.4) is 0 Å². The van der Waals surface area contributed by atoms with Crippen molar-refractivity contribution in [1.29, 1.82) is 0 Å². The lowest BCUT2D eigenvalue weighted by Crippen LogP contribution is -2.56. The van der Waals surface area contributed by atoms with Gasteiger partial charge in [0.25, 0.3) is 0 Å². The van der Waals surface area contributed by atoms with Crippen molar-refractivity contribution < 1.29 is 21.6 Å². The van der Waals surface area contributed by atoms with Gasteiger partial charge in [0.05, 0.1) is 4.90 Å². The van der Waals surface area contributed by atoms with Gasteiger partial charge >= 0.3 is 6.18 Å². The molecule has 0 amide bonds. The van der Waals surface area contributed by atoms with E-state index in [1.165, 1.54) is 25.9 Å². The van der Waals surface area contributed by atoms with Crippen LogP contribution in [0.5, 0.6) is 0 Å². The van der Waals surface area contributed by atoms with Crippen molar-refractivity contribution in [2.75, 3.05) is 47.3 Å². The van der Waals surface area contributed by atoms with Crippen LogP contribution in [0.2, 0.25) is 0 Å². The fourth-order valence-electron chi connectivity index (χ4n) is 3.03. The van der Waals surface area contributed by atoms with E-state index in [-0.39, 0.29) is 4.90 Å². The Labute approximate surface area is 170 Å². The molecule has 0 aromatic heterocycles. The van der Waals surface area contributed by atoms with E-state index in [2.05, 4.69) is 10.3 Å². The standard InChI is InChI=1S/C18H28F3N5O2S/c1-14(18(19,20)21)25-9-11-26(12-10-25)17(22-2)23-13-15-5-7-16(8-6-15)29(27,28)24(3)4/h5-8,14H,9-13H2,1-4H3,(H,22,23). The van der Waals surface area contributed by atoms with Gasteiger partial charge in [0, 0.05) is 53.9 Å². The second-order valence-corrected chi connectivity index (χ2v) is 9.22. The summed E-state index contributed by atoms with van der Waals surface area (Å²) in [6.07, 6.45) is -4.23. The Morgan fingerprint density at radius 3 is 2.17 bits per heavy atom. The van der Waals surface area contributed by atoms with Gasteiger partial charge in [-0.1, -0.05) is 12.1 Å². The van der Waals surface area contributed by atoms with Crippen LogP contribution < -0.4 is 5.32 Å². The molecule has 29 heavy (non-hydrogen) atoms. The first-order chi connectivity index (χ1) is 13.5. The molecule has 1 aromatic rings. The molecule has 1 aliphatic heterocycles. The van der Waals surface area contributed by atoms with Crippen LogP contribution in [0.4, 0.5) is 13.2 Å². The molecule has 1 atom stereocenters. The highest BCUT2D eigenvalue weighted by Gasteiger charge is 2.41. The first-order valence-corrected chi connectivity index (χ1v) is 10.7. The molecule has 0 spiro atoms. The number of rotatable bonds is 5. The highest BCUT2D eigenvalue weighted by Crippen LogP contribution is 2.25. The zero-order valence-electron chi connectivity index (χ0n) is 17.1. The Hall–Kier alpha value is -1.85. The third-order valence-corrected chi connectivity index (χ3v) is 6.83. The highest BCUT2D eigenvalue weighted by molar-refractivity contribution is 7.89. The maximum atomic E-state index is 12.9. The number of piperazine rings is 1. The largest absolute Gasteiger partial charge is 0.403 e. The Morgan fingerprint density at radius 1 is 1.17 bits per heavy atom. The van der Waals surface area contributed by atoms with E-state index in [0.717, 1.165) is 9.87 Å². The first-order valence-electron chi connectivity index (χ1n) is 9.24. The molecule has 164 valence electrons. The second kappa shape index (κ2) is 9.31. The van der Waals surface area contributed by atoms with E-state index >= 15 is 0 Å². The predicted octanol–water partition coefficient (Wildman–Crippen LogP) is 1.58. The molecule has 0 saturated carbocycles. The van der Waals surface area contributed by atoms with E-state index < -0.39 is 22.2 Å². The number of sulfonamides is 1. The average molecular weight is 436 g/mol. The summed E-state index contributed by atoms with van der Waals surface area (Å²) < 4.78 is 64.0. The number of benzene rings is 1. The lowest BCUT2D eigenvalue weighted by atomic mass is 10.2. The summed E-state index contributed by atoms with van der Waals surface area (Å²) in [5.74, 6) is 0.606. The Bertz CT molecular complexity index is 802. The fourth-order valence-corrected chi connectivity index (χ4v) is 3.93. The summed E-state index contributed by atoms with van der Waals surface area (Å²) >= 11 is 0. The molecule has 1 N–H and O–H groups in total. The molecule has 2 rings (SSSR count). The summed E-state index contributed by atoms with van der Waals surface area (Å²) in [5, 5.41) is 3.19. The number of nitrogens with zero attached hydrogens (tertiary/aromatic N) is 4. The molecule has 1 unspecified atom stereocenters. The minimum absolute atomic E-state index is 0.213. The van der Waals surface area contributed by atoms with Gasteiger partial charge in [-0.25, -0.2) is 12.7 Å². The summed E-state index contributed by atoms with van der Waals surface area (Å²) in [7, 11) is 1.10. The number of aliphatic imine (C=N–C) groups is 1. The van der Waals surface area contributed by atoms with E-state index in [4.69, 9.17) is 0 Å². The first kappa shape index (κ1) is 23.4. The highest BCUT2D eigenvalue weighted by atomic mass is 32.2. The van der Waals surface area contributed by atoms with Crippen molar-refractivity contribution in [2.24, 2.45) is 4.99 Å². The van der Waals surface area contributed by atoms with Gasteiger partial charge in [-0.15, -0.1) is 0 Å². The monoisotopic (exact) mass is 435 g/mol. The SMILES string of the molecule is CN=C(NCc1ccc(S(=O)(=O)N(C)C)cc1)N1CCN(C(C)C(F)(F)F)CC1. The number of halogens is 3. The summed E-state index contributed by atoms with van der Waals surface area (Å²) in [6, 6.07) is 5.08. The zero-order chi connectivity index (χ0) is 21.8. The Kier molecular flexibility index (Phi) is 7.52. The number of nitrogens with one attached hydrogen (secondary N) is 1. The van der Waals surface area contributed by atoms with E-state index in [1.807, 2.05) is 4.90 Å². The molecular formula is C18H28F3N5O2S. The van der Waals surface area contributed by atoms with Crippen molar-refractivity contribution in [2.45, 2.75) is 30.6 Å². The van der Waals surface area contributed by atoms with Gasteiger partial charge in [0.2, 0.25) is 10.0 Å². The van der Waals surface area contributed by atoms with Crippen LogP contribution in [0.15, 0.2) is 34.2 Å². The maximum absolute atomic E-state index is 12.9. The lowest BCUT2D eigenvalue weighted by molar-refractivity contribution is -0.181. The summed E-state index contributed by atoms with van der Waals surface area (Å²) in [4.78, 5) is 7.77. The van der Waals surface area contributed by atoms with Crippen molar-refractivity contribution in [3.8, 4) is 0 Å².